The third kappa shape index (κ3) is 4.06. The molecule has 1 fully saturated rings. The lowest BCUT2D eigenvalue weighted by atomic mass is 10.1. The van der Waals surface area contributed by atoms with E-state index in [-0.39, 0.29) is 0 Å². The molecule has 0 amide bonds. The molecule has 4 nitrogen and oxygen atoms in total. The van der Waals surface area contributed by atoms with Gasteiger partial charge in [-0.1, -0.05) is 6.07 Å². The van der Waals surface area contributed by atoms with Crippen molar-refractivity contribution >= 4 is 10.9 Å². The molecule has 0 atom stereocenters. The number of nitrogens with zero attached hydrogens (tertiary/aromatic N) is 1. The van der Waals surface area contributed by atoms with Crippen LogP contribution in [0.5, 0.6) is 0 Å². The summed E-state index contributed by atoms with van der Waals surface area (Å²) in [7, 11) is 1.69. The molecule has 21 heavy (non-hydrogen) atoms. The average molecular weight is 288 g/mol. The third-order valence-corrected chi connectivity index (χ3v) is 3.92. The van der Waals surface area contributed by atoms with Gasteiger partial charge in [0.2, 0.25) is 0 Å². The van der Waals surface area contributed by atoms with Crippen molar-refractivity contribution in [2.45, 2.75) is 32.0 Å². The SMILES string of the molecule is COCCOCCn1ccc2cc(CNC3CC3)ccc21. The molecule has 1 aromatic heterocycles. The highest BCUT2D eigenvalue weighted by Crippen LogP contribution is 2.21. The number of ether oxygens (including phenoxy) is 2. The quantitative estimate of drug-likeness (QED) is 0.720. The van der Waals surface area contributed by atoms with Crippen LogP contribution in [-0.4, -0.2) is 37.5 Å². The van der Waals surface area contributed by atoms with Gasteiger partial charge in [-0.2, -0.15) is 0 Å². The number of fused-ring (bicyclic) bond motifs is 1. The molecule has 4 heteroatoms. The molecule has 2 aromatic rings. The Bertz CT molecular complexity index is 575. The zero-order valence-electron chi connectivity index (χ0n) is 12.7. The van der Waals surface area contributed by atoms with Crippen LogP contribution in [0, 0.1) is 0 Å². The van der Waals surface area contributed by atoms with Crippen molar-refractivity contribution in [3.05, 3.63) is 36.0 Å². The number of hydrogen-bond donors (Lipinski definition) is 1. The molecule has 0 saturated heterocycles. The molecule has 1 aromatic carbocycles. The van der Waals surface area contributed by atoms with Crippen LogP contribution in [-0.2, 0) is 22.6 Å². The van der Waals surface area contributed by atoms with Gasteiger partial charge in [-0.3, -0.25) is 0 Å². The second kappa shape index (κ2) is 7.07. The summed E-state index contributed by atoms with van der Waals surface area (Å²) in [5.41, 5.74) is 2.64. The predicted molar refractivity (Wildman–Crippen MR) is 84.5 cm³/mol. The van der Waals surface area contributed by atoms with Crippen LogP contribution in [0.15, 0.2) is 30.5 Å². The second-order valence-electron chi connectivity index (χ2n) is 5.66. The minimum absolute atomic E-state index is 0.657. The van der Waals surface area contributed by atoms with E-state index in [0.29, 0.717) is 13.2 Å². The van der Waals surface area contributed by atoms with E-state index in [9.17, 15) is 0 Å². The molecule has 0 bridgehead atoms. The fourth-order valence-electron chi connectivity index (χ4n) is 2.51. The third-order valence-electron chi connectivity index (χ3n) is 3.92. The standard InChI is InChI=1S/C17H24N2O2/c1-20-10-11-21-9-8-19-7-6-15-12-14(2-5-17(15)19)13-18-16-3-4-16/h2,5-7,12,16,18H,3-4,8-11,13H2,1H3. The Morgan fingerprint density at radius 1 is 1.19 bits per heavy atom. The smallest absolute Gasteiger partial charge is 0.0701 e. The Morgan fingerprint density at radius 3 is 2.90 bits per heavy atom. The normalized spacial score (nSPS) is 14.9. The Hall–Kier alpha value is -1.36. The Balaban J connectivity index is 1.56. The fourth-order valence-corrected chi connectivity index (χ4v) is 2.51. The summed E-state index contributed by atoms with van der Waals surface area (Å²) >= 11 is 0. The summed E-state index contributed by atoms with van der Waals surface area (Å²) in [6.07, 6.45) is 4.81. The minimum atomic E-state index is 0.657. The molecule has 1 heterocycles. The molecule has 114 valence electrons. The molecule has 1 aliphatic carbocycles. The van der Waals surface area contributed by atoms with Gasteiger partial charge in [0.1, 0.15) is 0 Å². The highest BCUT2D eigenvalue weighted by atomic mass is 16.5. The van der Waals surface area contributed by atoms with Gasteiger partial charge in [-0.15, -0.1) is 0 Å². The summed E-state index contributed by atoms with van der Waals surface area (Å²) in [5.74, 6) is 0. The van der Waals surface area contributed by atoms with Crippen molar-refractivity contribution in [1.29, 1.82) is 0 Å². The van der Waals surface area contributed by atoms with Crippen LogP contribution in [0.4, 0.5) is 0 Å². The van der Waals surface area contributed by atoms with E-state index < -0.39 is 0 Å². The maximum Gasteiger partial charge on any atom is 0.0701 e. The minimum Gasteiger partial charge on any atom is -0.382 e. The number of methoxy groups -OCH3 is 1. The first kappa shape index (κ1) is 14.6. The zero-order chi connectivity index (χ0) is 14.5. The van der Waals surface area contributed by atoms with Crippen molar-refractivity contribution in [3.8, 4) is 0 Å². The lowest BCUT2D eigenvalue weighted by Crippen LogP contribution is -2.15. The van der Waals surface area contributed by atoms with Gasteiger partial charge in [0, 0.05) is 38.0 Å². The molecule has 0 aliphatic heterocycles. The van der Waals surface area contributed by atoms with Crippen LogP contribution in [0.2, 0.25) is 0 Å². The maximum absolute atomic E-state index is 5.54. The first-order chi connectivity index (χ1) is 10.4. The molecule has 1 aliphatic rings. The Kier molecular flexibility index (Phi) is 4.91. The van der Waals surface area contributed by atoms with Gasteiger partial charge in [-0.25, -0.2) is 0 Å². The summed E-state index contributed by atoms with van der Waals surface area (Å²) in [6.45, 7) is 3.90. The van der Waals surface area contributed by atoms with Crippen LogP contribution < -0.4 is 5.32 Å². The van der Waals surface area contributed by atoms with E-state index >= 15 is 0 Å². The first-order valence-electron chi connectivity index (χ1n) is 7.74. The molecule has 0 radical (unpaired) electrons. The summed E-state index contributed by atoms with van der Waals surface area (Å²) in [5, 5.41) is 4.87. The number of benzene rings is 1. The summed E-state index contributed by atoms with van der Waals surface area (Å²) in [4.78, 5) is 0. The van der Waals surface area contributed by atoms with Crippen molar-refractivity contribution in [3.63, 3.8) is 0 Å². The van der Waals surface area contributed by atoms with Gasteiger partial charge in [0.05, 0.1) is 19.8 Å². The van der Waals surface area contributed by atoms with Gasteiger partial charge < -0.3 is 19.4 Å². The van der Waals surface area contributed by atoms with E-state index in [1.54, 1.807) is 7.11 Å². The number of nitrogens with one attached hydrogen (secondary N) is 1. The number of aromatic nitrogens is 1. The summed E-state index contributed by atoms with van der Waals surface area (Å²) in [6, 6.07) is 9.67. The van der Waals surface area contributed by atoms with E-state index in [2.05, 4.69) is 40.3 Å². The molecular weight excluding hydrogens is 264 g/mol. The molecule has 1 N–H and O–H groups in total. The molecule has 1 saturated carbocycles. The van der Waals surface area contributed by atoms with E-state index in [1.807, 2.05) is 0 Å². The van der Waals surface area contributed by atoms with Gasteiger partial charge in [0.25, 0.3) is 0 Å². The predicted octanol–water partition coefficient (Wildman–Crippen LogP) is 2.56. The number of rotatable bonds is 9. The highest BCUT2D eigenvalue weighted by molar-refractivity contribution is 5.80. The highest BCUT2D eigenvalue weighted by Gasteiger charge is 2.19. The topological polar surface area (TPSA) is 35.4 Å². The molecule has 0 unspecified atom stereocenters. The van der Waals surface area contributed by atoms with E-state index in [0.717, 1.165) is 25.7 Å². The Morgan fingerprint density at radius 2 is 2.10 bits per heavy atom. The van der Waals surface area contributed by atoms with Gasteiger partial charge in [-0.05, 0) is 42.0 Å². The maximum atomic E-state index is 5.54. The van der Waals surface area contributed by atoms with Gasteiger partial charge in [0.15, 0.2) is 0 Å². The Labute approximate surface area is 126 Å². The van der Waals surface area contributed by atoms with Crippen LogP contribution in [0.25, 0.3) is 10.9 Å². The fraction of sp³-hybridized carbons (Fsp3) is 0.529. The lowest BCUT2D eigenvalue weighted by Gasteiger charge is -2.08. The second-order valence-corrected chi connectivity index (χ2v) is 5.66. The van der Waals surface area contributed by atoms with E-state index in [1.165, 1.54) is 29.3 Å². The zero-order valence-corrected chi connectivity index (χ0v) is 12.7. The van der Waals surface area contributed by atoms with Crippen molar-refractivity contribution < 1.29 is 9.47 Å². The first-order valence-corrected chi connectivity index (χ1v) is 7.74. The van der Waals surface area contributed by atoms with Crippen molar-refractivity contribution in [2.75, 3.05) is 26.9 Å². The van der Waals surface area contributed by atoms with Crippen LogP contribution in [0.3, 0.4) is 0 Å². The number of hydrogen-bond acceptors (Lipinski definition) is 3. The summed E-state index contributed by atoms with van der Waals surface area (Å²) < 4.78 is 12.8. The van der Waals surface area contributed by atoms with Gasteiger partial charge >= 0.3 is 0 Å². The van der Waals surface area contributed by atoms with Crippen LogP contribution in [0.1, 0.15) is 18.4 Å². The molecular formula is C17H24N2O2. The van der Waals surface area contributed by atoms with E-state index in [4.69, 9.17) is 9.47 Å². The lowest BCUT2D eigenvalue weighted by molar-refractivity contribution is 0.0670. The monoisotopic (exact) mass is 288 g/mol. The largest absolute Gasteiger partial charge is 0.382 e. The average Bonchev–Trinajstić information content (AvgIpc) is 3.25. The molecule has 3 rings (SSSR count). The molecule has 0 spiro atoms. The van der Waals surface area contributed by atoms with Crippen molar-refractivity contribution in [1.82, 2.24) is 9.88 Å². The van der Waals surface area contributed by atoms with Crippen molar-refractivity contribution in [2.24, 2.45) is 0 Å². The van der Waals surface area contributed by atoms with Crippen LogP contribution >= 0.6 is 0 Å².